The van der Waals surface area contributed by atoms with Gasteiger partial charge < -0.3 is 14.5 Å². The van der Waals surface area contributed by atoms with Crippen molar-refractivity contribution < 1.29 is 18.3 Å². The van der Waals surface area contributed by atoms with Crippen LogP contribution in [0.3, 0.4) is 0 Å². The molecule has 0 spiro atoms. The van der Waals surface area contributed by atoms with Gasteiger partial charge in [0.05, 0.1) is 12.6 Å². The van der Waals surface area contributed by atoms with E-state index in [0.29, 0.717) is 37.6 Å². The van der Waals surface area contributed by atoms with Gasteiger partial charge in [-0.25, -0.2) is 13.6 Å². The summed E-state index contributed by atoms with van der Waals surface area (Å²) in [4.78, 5) is 33.1. The van der Waals surface area contributed by atoms with Crippen LogP contribution in [-0.4, -0.2) is 46.0 Å². The van der Waals surface area contributed by atoms with Gasteiger partial charge in [0.25, 0.3) is 0 Å². The number of aromatic nitrogens is 2. The molecule has 3 heterocycles. The standard InChI is InChI=1S/C21H24F2N4O3/c1-21(2,3)19(28)25-6-7-26-14(10-25)11-27-18(26)9-17(24-20(27)29)30-12-13-4-5-15(22)16(23)8-13/h4-5,8-9,14H,6-7,10-12H2,1-3H3. The fourth-order valence-corrected chi connectivity index (χ4v) is 3.93. The summed E-state index contributed by atoms with van der Waals surface area (Å²) in [6.45, 7) is 7.85. The maximum absolute atomic E-state index is 13.4. The number of ether oxygens (including phenoxy) is 1. The maximum Gasteiger partial charge on any atom is 0.352 e. The summed E-state index contributed by atoms with van der Waals surface area (Å²) in [6, 6.07) is 5.18. The second-order valence-corrected chi connectivity index (χ2v) is 8.73. The Morgan fingerprint density at radius 1 is 1.17 bits per heavy atom. The summed E-state index contributed by atoms with van der Waals surface area (Å²) >= 11 is 0. The van der Waals surface area contributed by atoms with Gasteiger partial charge in [0.15, 0.2) is 11.6 Å². The zero-order chi connectivity index (χ0) is 21.6. The van der Waals surface area contributed by atoms with Crippen molar-refractivity contribution >= 4 is 11.7 Å². The molecular formula is C21H24F2N4O3. The minimum Gasteiger partial charge on any atom is -0.473 e. The number of carbonyl (C=O) groups is 1. The molecule has 0 saturated carbocycles. The second kappa shape index (κ2) is 7.37. The molecule has 1 fully saturated rings. The van der Waals surface area contributed by atoms with E-state index < -0.39 is 22.7 Å². The molecule has 1 atom stereocenters. The molecule has 160 valence electrons. The summed E-state index contributed by atoms with van der Waals surface area (Å²) in [5.74, 6) is -0.960. The number of nitrogens with zero attached hydrogens (tertiary/aromatic N) is 4. The smallest absolute Gasteiger partial charge is 0.352 e. The molecule has 2 aromatic rings. The van der Waals surface area contributed by atoms with Crippen molar-refractivity contribution in [1.29, 1.82) is 0 Å². The predicted molar refractivity (Wildman–Crippen MR) is 106 cm³/mol. The summed E-state index contributed by atoms with van der Waals surface area (Å²) < 4.78 is 33.6. The molecule has 1 amide bonds. The average Bonchev–Trinajstić information content (AvgIpc) is 3.06. The Morgan fingerprint density at radius 2 is 1.93 bits per heavy atom. The van der Waals surface area contributed by atoms with Crippen molar-refractivity contribution in [3.05, 3.63) is 51.9 Å². The Hall–Kier alpha value is -2.97. The number of piperazine rings is 1. The number of hydrogen-bond donors (Lipinski definition) is 0. The van der Waals surface area contributed by atoms with Crippen LogP contribution in [0.1, 0.15) is 26.3 Å². The number of hydrogen-bond acceptors (Lipinski definition) is 5. The van der Waals surface area contributed by atoms with Crippen LogP contribution >= 0.6 is 0 Å². The van der Waals surface area contributed by atoms with Crippen molar-refractivity contribution in [2.45, 2.75) is 40.0 Å². The van der Waals surface area contributed by atoms with Gasteiger partial charge in [-0.2, -0.15) is 4.98 Å². The first-order valence-electron chi connectivity index (χ1n) is 9.88. The first-order chi connectivity index (χ1) is 14.1. The number of benzene rings is 1. The fourth-order valence-electron chi connectivity index (χ4n) is 3.93. The third-order valence-electron chi connectivity index (χ3n) is 5.44. The Morgan fingerprint density at radius 3 is 2.63 bits per heavy atom. The number of halogens is 2. The topological polar surface area (TPSA) is 67.7 Å². The molecule has 0 bridgehead atoms. The van der Waals surface area contributed by atoms with Crippen molar-refractivity contribution in [2.24, 2.45) is 5.41 Å². The van der Waals surface area contributed by atoms with Crippen LogP contribution in [0, 0.1) is 17.0 Å². The zero-order valence-corrected chi connectivity index (χ0v) is 17.2. The molecule has 0 aliphatic carbocycles. The van der Waals surface area contributed by atoms with Crippen LogP contribution < -0.4 is 15.3 Å². The van der Waals surface area contributed by atoms with E-state index in [0.717, 1.165) is 12.1 Å². The molecule has 7 nitrogen and oxygen atoms in total. The average molecular weight is 418 g/mol. The van der Waals surface area contributed by atoms with Gasteiger partial charge in [0, 0.05) is 31.1 Å². The van der Waals surface area contributed by atoms with E-state index in [4.69, 9.17) is 4.74 Å². The minimum absolute atomic E-state index is 0.000921. The predicted octanol–water partition coefficient (Wildman–Crippen LogP) is 2.18. The van der Waals surface area contributed by atoms with Gasteiger partial charge in [0.1, 0.15) is 12.4 Å². The third kappa shape index (κ3) is 3.76. The first-order valence-corrected chi connectivity index (χ1v) is 9.88. The summed E-state index contributed by atoms with van der Waals surface area (Å²) in [6.07, 6.45) is 0. The third-order valence-corrected chi connectivity index (χ3v) is 5.44. The van der Waals surface area contributed by atoms with Crippen LogP contribution in [0.25, 0.3) is 0 Å². The van der Waals surface area contributed by atoms with Crippen LogP contribution in [0.15, 0.2) is 29.1 Å². The molecule has 2 aliphatic heterocycles. The highest BCUT2D eigenvalue weighted by Crippen LogP contribution is 2.30. The largest absolute Gasteiger partial charge is 0.473 e. The van der Waals surface area contributed by atoms with E-state index in [9.17, 15) is 18.4 Å². The summed E-state index contributed by atoms with van der Waals surface area (Å²) in [7, 11) is 0. The molecule has 1 saturated heterocycles. The number of rotatable bonds is 3. The lowest BCUT2D eigenvalue weighted by Crippen LogP contribution is -2.55. The van der Waals surface area contributed by atoms with Crippen LogP contribution in [0.5, 0.6) is 5.88 Å². The van der Waals surface area contributed by atoms with Crippen LogP contribution in [-0.2, 0) is 17.9 Å². The number of fused-ring (bicyclic) bond motifs is 3. The van der Waals surface area contributed by atoms with Crippen molar-refractivity contribution in [3.8, 4) is 5.88 Å². The highest BCUT2D eigenvalue weighted by molar-refractivity contribution is 5.82. The van der Waals surface area contributed by atoms with E-state index in [-0.39, 0.29) is 24.4 Å². The summed E-state index contributed by atoms with van der Waals surface area (Å²) in [5, 5.41) is 0. The molecule has 2 aliphatic rings. The van der Waals surface area contributed by atoms with E-state index in [2.05, 4.69) is 9.88 Å². The fraction of sp³-hybridized carbons (Fsp3) is 0.476. The molecule has 4 rings (SSSR count). The Labute approximate surface area is 172 Å². The van der Waals surface area contributed by atoms with Gasteiger partial charge >= 0.3 is 5.69 Å². The number of anilines is 1. The SMILES string of the molecule is CC(C)(C)C(=O)N1CCN2c3cc(OCc4ccc(F)c(F)c4)nc(=O)n3CC2C1. The van der Waals surface area contributed by atoms with E-state index in [1.165, 1.54) is 6.07 Å². The molecule has 1 aromatic carbocycles. The normalized spacial score (nSPS) is 18.2. The first kappa shape index (κ1) is 20.3. The van der Waals surface area contributed by atoms with Gasteiger partial charge in [-0.1, -0.05) is 26.8 Å². The van der Waals surface area contributed by atoms with Crippen molar-refractivity contribution in [3.63, 3.8) is 0 Å². The molecule has 0 radical (unpaired) electrons. The summed E-state index contributed by atoms with van der Waals surface area (Å²) in [5.41, 5.74) is -0.452. The number of carbonyl (C=O) groups excluding carboxylic acids is 1. The van der Waals surface area contributed by atoms with E-state index in [1.54, 1.807) is 10.6 Å². The molecular weight excluding hydrogens is 394 g/mol. The lowest BCUT2D eigenvalue weighted by molar-refractivity contribution is -0.140. The Kier molecular flexibility index (Phi) is 4.99. The van der Waals surface area contributed by atoms with Gasteiger partial charge in [-0.3, -0.25) is 9.36 Å². The maximum atomic E-state index is 13.4. The quantitative estimate of drug-likeness (QED) is 0.765. The molecule has 1 aromatic heterocycles. The highest BCUT2D eigenvalue weighted by atomic mass is 19.2. The molecule has 0 N–H and O–H groups in total. The lowest BCUT2D eigenvalue weighted by atomic mass is 9.94. The van der Waals surface area contributed by atoms with Crippen LogP contribution in [0.2, 0.25) is 0 Å². The van der Waals surface area contributed by atoms with E-state index >= 15 is 0 Å². The zero-order valence-electron chi connectivity index (χ0n) is 17.2. The van der Waals surface area contributed by atoms with Gasteiger partial charge in [-0.05, 0) is 17.7 Å². The van der Waals surface area contributed by atoms with Crippen molar-refractivity contribution in [1.82, 2.24) is 14.5 Å². The second-order valence-electron chi connectivity index (χ2n) is 8.73. The van der Waals surface area contributed by atoms with E-state index in [1.807, 2.05) is 25.7 Å². The molecule has 30 heavy (non-hydrogen) atoms. The Balaban J connectivity index is 1.50. The lowest BCUT2D eigenvalue weighted by Gasteiger charge is -2.40. The van der Waals surface area contributed by atoms with Gasteiger partial charge in [-0.15, -0.1) is 0 Å². The number of amides is 1. The monoisotopic (exact) mass is 418 g/mol. The molecule has 1 unspecified atom stereocenters. The highest BCUT2D eigenvalue weighted by Gasteiger charge is 2.39. The Bertz CT molecular complexity index is 1050. The minimum atomic E-state index is -0.955. The van der Waals surface area contributed by atoms with Gasteiger partial charge in [0.2, 0.25) is 11.8 Å². The molecule has 9 heteroatoms. The van der Waals surface area contributed by atoms with Crippen LogP contribution in [0.4, 0.5) is 14.6 Å². The van der Waals surface area contributed by atoms with Crippen molar-refractivity contribution in [2.75, 3.05) is 24.5 Å².